The number of carbonyl (C=O) groups is 1. The predicted octanol–water partition coefficient (Wildman–Crippen LogP) is 0.486. The summed E-state index contributed by atoms with van der Waals surface area (Å²) >= 11 is 0. The molecule has 0 radical (unpaired) electrons. The van der Waals surface area contributed by atoms with Gasteiger partial charge in [0.15, 0.2) is 0 Å². The molecule has 1 aromatic carbocycles. The first kappa shape index (κ1) is 12.4. The van der Waals surface area contributed by atoms with Gasteiger partial charge in [0.05, 0.1) is 25.4 Å². The van der Waals surface area contributed by atoms with Gasteiger partial charge in [-0.15, -0.1) is 0 Å². The van der Waals surface area contributed by atoms with E-state index in [1.807, 2.05) is 36.1 Å². The fourth-order valence-corrected chi connectivity index (χ4v) is 2.81. The Kier molecular flexibility index (Phi) is 3.16. The van der Waals surface area contributed by atoms with Gasteiger partial charge in [0.1, 0.15) is 5.75 Å². The Morgan fingerprint density at radius 3 is 2.74 bits per heavy atom. The fourth-order valence-electron chi connectivity index (χ4n) is 2.81. The van der Waals surface area contributed by atoms with Crippen molar-refractivity contribution >= 4 is 5.91 Å². The molecule has 102 valence electrons. The van der Waals surface area contributed by atoms with Crippen LogP contribution < -0.4 is 15.4 Å². The third kappa shape index (κ3) is 2.19. The van der Waals surface area contributed by atoms with Gasteiger partial charge in [0.25, 0.3) is 0 Å². The van der Waals surface area contributed by atoms with Gasteiger partial charge in [0.2, 0.25) is 5.91 Å². The molecular weight excluding hydrogens is 242 g/mol. The van der Waals surface area contributed by atoms with Crippen LogP contribution in [0.3, 0.4) is 0 Å². The summed E-state index contributed by atoms with van der Waals surface area (Å²) in [5.41, 5.74) is 1.19. The Labute approximate surface area is 112 Å². The van der Waals surface area contributed by atoms with Crippen molar-refractivity contribution in [2.45, 2.75) is 25.2 Å². The van der Waals surface area contributed by atoms with Crippen molar-refractivity contribution in [1.82, 2.24) is 15.5 Å². The normalized spacial score (nSPS) is 30.3. The number of nitrogens with zero attached hydrogens (tertiary/aromatic N) is 1. The zero-order valence-electron chi connectivity index (χ0n) is 11.2. The molecule has 5 heteroatoms. The molecule has 2 fully saturated rings. The second-order valence-corrected chi connectivity index (χ2v) is 5.13. The van der Waals surface area contributed by atoms with E-state index < -0.39 is 0 Å². The van der Waals surface area contributed by atoms with Crippen molar-refractivity contribution in [3.8, 4) is 5.75 Å². The SMILES string of the molecule is COc1ccc(C2CN3C(=O)C(C)NC3CN2)cc1. The molecule has 5 nitrogen and oxygen atoms in total. The van der Waals surface area contributed by atoms with Crippen molar-refractivity contribution in [2.24, 2.45) is 0 Å². The van der Waals surface area contributed by atoms with E-state index >= 15 is 0 Å². The number of hydrogen-bond donors (Lipinski definition) is 2. The highest BCUT2D eigenvalue weighted by Gasteiger charge is 2.40. The van der Waals surface area contributed by atoms with Gasteiger partial charge in [-0.2, -0.15) is 0 Å². The van der Waals surface area contributed by atoms with Gasteiger partial charge in [0, 0.05) is 13.1 Å². The predicted molar refractivity (Wildman–Crippen MR) is 71.8 cm³/mol. The summed E-state index contributed by atoms with van der Waals surface area (Å²) in [7, 11) is 1.66. The van der Waals surface area contributed by atoms with Gasteiger partial charge in [-0.25, -0.2) is 0 Å². The smallest absolute Gasteiger partial charge is 0.240 e. The van der Waals surface area contributed by atoms with E-state index in [0.29, 0.717) is 6.54 Å². The number of methoxy groups -OCH3 is 1. The average molecular weight is 261 g/mol. The fraction of sp³-hybridized carbons (Fsp3) is 0.500. The highest BCUT2D eigenvalue weighted by atomic mass is 16.5. The van der Waals surface area contributed by atoms with Gasteiger partial charge in [-0.1, -0.05) is 12.1 Å². The number of piperazine rings is 1. The van der Waals surface area contributed by atoms with E-state index in [1.165, 1.54) is 5.56 Å². The summed E-state index contributed by atoms with van der Waals surface area (Å²) < 4.78 is 5.16. The molecule has 2 heterocycles. The summed E-state index contributed by atoms with van der Waals surface area (Å²) in [4.78, 5) is 14.0. The zero-order chi connectivity index (χ0) is 13.4. The van der Waals surface area contributed by atoms with Crippen LogP contribution in [0, 0.1) is 0 Å². The number of fused-ring (bicyclic) bond motifs is 1. The second kappa shape index (κ2) is 4.83. The number of carbonyl (C=O) groups excluding carboxylic acids is 1. The number of benzene rings is 1. The molecule has 0 spiro atoms. The average Bonchev–Trinajstić information content (AvgIpc) is 2.74. The molecule has 2 aliphatic rings. The molecule has 2 N–H and O–H groups in total. The molecule has 3 unspecified atom stereocenters. The van der Waals surface area contributed by atoms with E-state index in [-0.39, 0.29) is 24.2 Å². The van der Waals surface area contributed by atoms with Crippen LogP contribution in [-0.2, 0) is 4.79 Å². The van der Waals surface area contributed by atoms with E-state index in [4.69, 9.17) is 4.74 Å². The lowest BCUT2D eigenvalue weighted by Gasteiger charge is -2.35. The van der Waals surface area contributed by atoms with Crippen molar-refractivity contribution < 1.29 is 9.53 Å². The van der Waals surface area contributed by atoms with Crippen LogP contribution >= 0.6 is 0 Å². The molecule has 0 bridgehead atoms. The Hall–Kier alpha value is -1.59. The van der Waals surface area contributed by atoms with Crippen molar-refractivity contribution in [2.75, 3.05) is 20.2 Å². The molecule has 0 aromatic heterocycles. The van der Waals surface area contributed by atoms with Crippen LogP contribution in [0.2, 0.25) is 0 Å². The molecule has 1 aromatic rings. The van der Waals surface area contributed by atoms with Gasteiger partial charge in [-0.05, 0) is 24.6 Å². The van der Waals surface area contributed by atoms with E-state index in [9.17, 15) is 4.79 Å². The molecule has 0 saturated carbocycles. The zero-order valence-corrected chi connectivity index (χ0v) is 11.2. The maximum atomic E-state index is 12.0. The number of rotatable bonds is 2. The molecule has 3 atom stereocenters. The lowest BCUT2D eigenvalue weighted by atomic mass is 10.0. The van der Waals surface area contributed by atoms with Crippen LogP contribution in [0.25, 0.3) is 0 Å². The number of hydrogen-bond acceptors (Lipinski definition) is 4. The summed E-state index contributed by atoms with van der Waals surface area (Å²) in [5.74, 6) is 1.05. The minimum Gasteiger partial charge on any atom is -0.497 e. The van der Waals surface area contributed by atoms with Crippen molar-refractivity contribution in [1.29, 1.82) is 0 Å². The molecule has 0 aliphatic carbocycles. The first-order valence-electron chi connectivity index (χ1n) is 6.63. The maximum Gasteiger partial charge on any atom is 0.240 e. The monoisotopic (exact) mass is 261 g/mol. The van der Waals surface area contributed by atoms with Crippen molar-refractivity contribution in [3.05, 3.63) is 29.8 Å². The highest BCUT2D eigenvalue weighted by Crippen LogP contribution is 2.24. The first-order chi connectivity index (χ1) is 9.19. The molecule has 2 aliphatic heterocycles. The largest absolute Gasteiger partial charge is 0.497 e. The van der Waals surface area contributed by atoms with Crippen LogP contribution in [0.15, 0.2) is 24.3 Å². The Morgan fingerprint density at radius 2 is 2.05 bits per heavy atom. The maximum absolute atomic E-state index is 12.0. The lowest BCUT2D eigenvalue weighted by molar-refractivity contribution is -0.130. The molecule has 3 rings (SSSR count). The van der Waals surface area contributed by atoms with E-state index in [0.717, 1.165) is 12.3 Å². The van der Waals surface area contributed by atoms with Gasteiger partial charge in [-0.3, -0.25) is 10.1 Å². The van der Waals surface area contributed by atoms with Crippen LogP contribution in [0.5, 0.6) is 5.75 Å². The molecule has 19 heavy (non-hydrogen) atoms. The minimum absolute atomic E-state index is 0.0681. The second-order valence-electron chi connectivity index (χ2n) is 5.13. The summed E-state index contributed by atoms with van der Waals surface area (Å²) in [6.07, 6.45) is 0.136. The number of ether oxygens (including phenoxy) is 1. The Morgan fingerprint density at radius 1 is 1.32 bits per heavy atom. The standard InChI is InChI=1S/C14H19N3O2/c1-9-14(18)17-8-12(15-7-13(17)16-9)10-3-5-11(19-2)6-4-10/h3-6,9,12-13,15-16H,7-8H2,1-2H3. The van der Waals surface area contributed by atoms with E-state index in [1.54, 1.807) is 7.11 Å². The molecular formula is C14H19N3O2. The molecule has 2 saturated heterocycles. The summed E-state index contributed by atoms with van der Waals surface area (Å²) in [6.45, 7) is 3.42. The van der Waals surface area contributed by atoms with Crippen LogP contribution in [0.4, 0.5) is 0 Å². The Balaban J connectivity index is 1.74. The van der Waals surface area contributed by atoms with Gasteiger partial charge >= 0.3 is 0 Å². The molecule has 1 amide bonds. The summed E-state index contributed by atoms with van der Waals surface area (Å²) in [6, 6.07) is 8.13. The lowest BCUT2D eigenvalue weighted by Crippen LogP contribution is -2.54. The number of nitrogens with one attached hydrogen (secondary N) is 2. The quantitative estimate of drug-likeness (QED) is 0.813. The topological polar surface area (TPSA) is 53.6 Å². The van der Waals surface area contributed by atoms with Crippen LogP contribution in [0.1, 0.15) is 18.5 Å². The number of amides is 1. The third-order valence-electron chi connectivity index (χ3n) is 3.93. The summed E-state index contributed by atoms with van der Waals surface area (Å²) in [5, 5.41) is 6.78. The van der Waals surface area contributed by atoms with Gasteiger partial charge < -0.3 is 15.0 Å². The minimum atomic E-state index is -0.0681. The van der Waals surface area contributed by atoms with Crippen molar-refractivity contribution in [3.63, 3.8) is 0 Å². The Bertz CT molecular complexity index is 474. The van der Waals surface area contributed by atoms with E-state index in [2.05, 4.69) is 10.6 Å². The third-order valence-corrected chi connectivity index (χ3v) is 3.93. The van der Waals surface area contributed by atoms with Crippen LogP contribution in [-0.4, -0.2) is 43.2 Å². The highest BCUT2D eigenvalue weighted by molar-refractivity contribution is 5.84. The first-order valence-corrected chi connectivity index (χ1v) is 6.63.